The molecule has 88 valence electrons. The van der Waals surface area contributed by atoms with Crippen molar-refractivity contribution in [2.45, 2.75) is 20.0 Å². The zero-order valence-electron chi connectivity index (χ0n) is 9.81. The minimum Gasteiger partial charge on any atom is -0.382 e. The molecule has 0 fully saturated rings. The van der Waals surface area contributed by atoms with Gasteiger partial charge in [0.2, 0.25) is 0 Å². The topological polar surface area (TPSA) is 33.1 Å². The number of pyridine rings is 1. The second-order valence-electron chi connectivity index (χ2n) is 4.19. The number of aromatic nitrogens is 1. The van der Waals surface area contributed by atoms with Crippen molar-refractivity contribution in [1.82, 2.24) is 4.98 Å². The number of aliphatic hydroxyl groups excluding tert-OH is 1. The molecule has 0 bridgehead atoms. The number of nitrogens with zero attached hydrogens (tertiary/aromatic N) is 1. The molecule has 2 aromatic rings. The van der Waals surface area contributed by atoms with E-state index in [0.29, 0.717) is 5.69 Å². The van der Waals surface area contributed by atoms with Crippen LogP contribution in [0.5, 0.6) is 0 Å². The van der Waals surface area contributed by atoms with Crippen molar-refractivity contribution in [2.24, 2.45) is 0 Å². The average Bonchev–Trinajstić information content (AvgIpc) is 2.27. The first-order valence-corrected chi connectivity index (χ1v) is 6.24. The summed E-state index contributed by atoms with van der Waals surface area (Å²) in [5, 5.41) is 10.3. The van der Waals surface area contributed by atoms with Crippen molar-refractivity contribution in [3.63, 3.8) is 0 Å². The lowest BCUT2D eigenvalue weighted by atomic mass is 10.0. The normalized spacial score (nSPS) is 12.5. The molecule has 1 aromatic carbocycles. The van der Waals surface area contributed by atoms with Crippen molar-refractivity contribution >= 4 is 15.9 Å². The Kier molecular flexibility index (Phi) is 3.60. The van der Waals surface area contributed by atoms with Crippen LogP contribution in [0.4, 0.5) is 0 Å². The van der Waals surface area contributed by atoms with Gasteiger partial charge in [0, 0.05) is 10.7 Å². The Balaban J connectivity index is 2.43. The number of aryl methyl sites for hydroxylation is 2. The molecule has 1 atom stereocenters. The number of halogens is 1. The second kappa shape index (κ2) is 4.98. The van der Waals surface area contributed by atoms with Gasteiger partial charge in [-0.1, -0.05) is 29.3 Å². The Morgan fingerprint density at radius 2 is 1.82 bits per heavy atom. The van der Waals surface area contributed by atoms with Gasteiger partial charge in [-0.05, 0) is 47.5 Å². The molecular weight excluding hydrogens is 278 g/mol. The van der Waals surface area contributed by atoms with E-state index in [-0.39, 0.29) is 0 Å². The van der Waals surface area contributed by atoms with Gasteiger partial charge in [-0.2, -0.15) is 0 Å². The lowest BCUT2D eigenvalue weighted by Crippen LogP contribution is -2.03. The maximum absolute atomic E-state index is 10.3. The predicted molar refractivity (Wildman–Crippen MR) is 71.9 cm³/mol. The Hall–Kier alpha value is -1.19. The zero-order chi connectivity index (χ0) is 12.4. The zero-order valence-corrected chi connectivity index (χ0v) is 11.4. The fourth-order valence-electron chi connectivity index (χ4n) is 1.92. The quantitative estimate of drug-likeness (QED) is 0.918. The highest BCUT2D eigenvalue weighted by atomic mass is 79.9. The highest BCUT2D eigenvalue weighted by Gasteiger charge is 2.15. The van der Waals surface area contributed by atoms with Crippen LogP contribution in [0.3, 0.4) is 0 Å². The number of hydrogen-bond donors (Lipinski definition) is 1. The molecule has 0 aliphatic rings. The standard InChI is InChI=1S/C14H14BrNO/c1-9-6-10(2)8-11(7-9)14(17)13-12(15)4-3-5-16-13/h3-8,14,17H,1-2H3. The largest absolute Gasteiger partial charge is 0.382 e. The van der Waals surface area contributed by atoms with Crippen LogP contribution in [-0.2, 0) is 0 Å². The molecule has 1 N–H and O–H groups in total. The predicted octanol–water partition coefficient (Wildman–Crippen LogP) is 3.54. The molecule has 0 aliphatic heterocycles. The van der Waals surface area contributed by atoms with E-state index in [9.17, 15) is 5.11 Å². The summed E-state index contributed by atoms with van der Waals surface area (Å²) in [6.07, 6.45) is 0.996. The first-order chi connectivity index (χ1) is 8.08. The van der Waals surface area contributed by atoms with Crippen molar-refractivity contribution in [1.29, 1.82) is 0 Å². The third kappa shape index (κ3) is 2.73. The van der Waals surface area contributed by atoms with Gasteiger partial charge in [-0.15, -0.1) is 0 Å². The maximum Gasteiger partial charge on any atom is 0.122 e. The molecule has 1 heterocycles. The molecule has 0 aliphatic carbocycles. The molecule has 2 nitrogen and oxygen atoms in total. The van der Waals surface area contributed by atoms with E-state index in [4.69, 9.17) is 0 Å². The number of rotatable bonds is 2. The molecular formula is C14H14BrNO. The average molecular weight is 292 g/mol. The highest BCUT2D eigenvalue weighted by molar-refractivity contribution is 9.10. The van der Waals surface area contributed by atoms with Crippen molar-refractivity contribution in [3.8, 4) is 0 Å². The third-order valence-electron chi connectivity index (χ3n) is 2.61. The fraction of sp³-hybridized carbons (Fsp3) is 0.214. The minimum atomic E-state index is -0.691. The van der Waals surface area contributed by atoms with Crippen molar-refractivity contribution in [3.05, 3.63) is 63.4 Å². The molecule has 1 aromatic heterocycles. The van der Waals surface area contributed by atoms with Gasteiger partial charge in [0.15, 0.2) is 0 Å². The summed E-state index contributed by atoms with van der Waals surface area (Å²) >= 11 is 3.41. The highest BCUT2D eigenvalue weighted by Crippen LogP contribution is 2.27. The molecule has 0 saturated carbocycles. The summed E-state index contributed by atoms with van der Waals surface area (Å²) in [4.78, 5) is 4.22. The van der Waals surface area contributed by atoms with Crippen molar-refractivity contribution < 1.29 is 5.11 Å². The molecule has 0 saturated heterocycles. The number of hydrogen-bond acceptors (Lipinski definition) is 2. The van der Waals surface area contributed by atoms with Gasteiger partial charge < -0.3 is 5.11 Å². The lowest BCUT2D eigenvalue weighted by Gasteiger charge is -2.13. The maximum atomic E-state index is 10.3. The van der Waals surface area contributed by atoms with Crippen LogP contribution < -0.4 is 0 Å². The summed E-state index contributed by atoms with van der Waals surface area (Å²) in [7, 11) is 0. The summed E-state index contributed by atoms with van der Waals surface area (Å²) < 4.78 is 0.826. The number of aliphatic hydroxyl groups is 1. The van der Waals surface area contributed by atoms with E-state index in [1.54, 1.807) is 6.20 Å². The summed E-state index contributed by atoms with van der Waals surface area (Å²) in [6.45, 7) is 4.05. The fourth-order valence-corrected chi connectivity index (χ4v) is 2.40. The van der Waals surface area contributed by atoms with Crippen LogP contribution in [0.1, 0.15) is 28.5 Å². The van der Waals surface area contributed by atoms with Gasteiger partial charge >= 0.3 is 0 Å². The Labute approximate surface area is 109 Å². The van der Waals surface area contributed by atoms with E-state index in [1.807, 2.05) is 38.1 Å². The first kappa shape index (κ1) is 12.3. The Morgan fingerprint density at radius 1 is 1.18 bits per heavy atom. The molecule has 1 unspecified atom stereocenters. The molecule has 0 amide bonds. The van der Waals surface area contributed by atoms with Crippen LogP contribution in [-0.4, -0.2) is 10.1 Å². The molecule has 0 spiro atoms. The SMILES string of the molecule is Cc1cc(C)cc(C(O)c2ncccc2Br)c1. The van der Waals surface area contributed by atoms with Gasteiger partial charge in [0.05, 0.1) is 5.69 Å². The summed E-state index contributed by atoms with van der Waals surface area (Å²) in [5.74, 6) is 0. The monoisotopic (exact) mass is 291 g/mol. The molecule has 3 heteroatoms. The first-order valence-electron chi connectivity index (χ1n) is 5.44. The second-order valence-corrected chi connectivity index (χ2v) is 5.05. The van der Waals surface area contributed by atoms with Gasteiger partial charge in [-0.3, -0.25) is 4.98 Å². The minimum absolute atomic E-state index is 0.650. The van der Waals surface area contributed by atoms with Gasteiger partial charge in [-0.25, -0.2) is 0 Å². The van der Waals surface area contributed by atoms with E-state index < -0.39 is 6.10 Å². The van der Waals surface area contributed by atoms with E-state index >= 15 is 0 Å². The summed E-state index contributed by atoms with van der Waals surface area (Å²) in [6, 6.07) is 9.78. The molecule has 2 rings (SSSR count). The van der Waals surface area contributed by atoms with E-state index in [2.05, 4.69) is 27.0 Å². The Morgan fingerprint density at radius 3 is 2.41 bits per heavy atom. The molecule has 0 radical (unpaired) electrons. The van der Waals surface area contributed by atoms with Crippen LogP contribution >= 0.6 is 15.9 Å². The lowest BCUT2D eigenvalue weighted by molar-refractivity contribution is 0.214. The van der Waals surface area contributed by atoms with Crippen LogP contribution in [0.15, 0.2) is 41.0 Å². The van der Waals surface area contributed by atoms with E-state index in [1.165, 1.54) is 0 Å². The Bertz CT molecular complexity index is 519. The van der Waals surface area contributed by atoms with Crippen molar-refractivity contribution in [2.75, 3.05) is 0 Å². The number of benzene rings is 1. The van der Waals surface area contributed by atoms with Crippen LogP contribution in [0.2, 0.25) is 0 Å². The molecule has 17 heavy (non-hydrogen) atoms. The van der Waals surface area contributed by atoms with Gasteiger partial charge in [0.1, 0.15) is 6.10 Å². The van der Waals surface area contributed by atoms with E-state index in [0.717, 1.165) is 21.2 Å². The smallest absolute Gasteiger partial charge is 0.122 e. The summed E-state index contributed by atoms with van der Waals surface area (Å²) in [5.41, 5.74) is 3.82. The van der Waals surface area contributed by atoms with Crippen LogP contribution in [0, 0.1) is 13.8 Å². The third-order valence-corrected chi connectivity index (χ3v) is 3.28. The van der Waals surface area contributed by atoms with Gasteiger partial charge in [0.25, 0.3) is 0 Å². The van der Waals surface area contributed by atoms with Crippen LogP contribution in [0.25, 0.3) is 0 Å².